The number of anilines is 1. The smallest absolute Gasteiger partial charge is 0.152 e. The Hall–Kier alpha value is -3.08. The minimum atomic E-state index is 0.460. The van der Waals surface area contributed by atoms with Crippen LogP contribution in [0.2, 0.25) is 0 Å². The first kappa shape index (κ1) is 16.4. The van der Waals surface area contributed by atoms with E-state index in [-0.39, 0.29) is 0 Å². The van der Waals surface area contributed by atoms with Crippen molar-refractivity contribution in [3.05, 3.63) is 59.8 Å². The quantitative estimate of drug-likeness (QED) is 0.593. The molecule has 2 heterocycles. The highest BCUT2D eigenvalue weighted by atomic mass is 16.5. The van der Waals surface area contributed by atoms with Crippen LogP contribution in [0.15, 0.2) is 48.7 Å². The summed E-state index contributed by atoms with van der Waals surface area (Å²) in [5, 5.41) is 6.75. The molecule has 0 aliphatic rings. The molecule has 26 heavy (non-hydrogen) atoms. The van der Waals surface area contributed by atoms with Gasteiger partial charge in [-0.25, -0.2) is 4.98 Å². The number of methoxy groups -OCH3 is 1. The maximum Gasteiger partial charge on any atom is 0.152 e. The molecule has 0 saturated carbocycles. The Kier molecular flexibility index (Phi) is 4.21. The SMILES string of the molecule is CCn1cc2c(n1)c(N)nc1cc(OC)cc(CCc3ccccc3)c12. The second-order valence-electron chi connectivity index (χ2n) is 6.41. The second-order valence-corrected chi connectivity index (χ2v) is 6.41. The van der Waals surface area contributed by atoms with E-state index in [1.165, 1.54) is 11.1 Å². The van der Waals surface area contributed by atoms with Crippen LogP contribution in [0, 0.1) is 0 Å². The number of benzene rings is 2. The molecule has 0 amide bonds. The van der Waals surface area contributed by atoms with Crippen LogP contribution in [0.4, 0.5) is 5.82 Å². The second kappa shape index (κ2) is 6.67. The molecule has 0 aliphatic carbocycles. The molecule has 0 aliphatic heterocycles. The minimum absolute atomic E-state index is 0.460. The number of rotatable bonds is 5. The first-order valence-electron chi connectivity index (χ1n) is 8.86. The number of ether oxygens (including phenoxy) is 1. The average Bonchev–Trinajstić information content (AvgIpc) is 3.11. The summed E-state index contributed by atoms with van der Waals surface area (Å²) in [6.07, 6.45) is 3.92. The molecule has 0 fully saturated rings. The molecule has 0 bridgehead atoms. The fourth-order valence-electron chi connectivity index (χ4n) is 3.43. The van der Waals surface area contributed by atoms with Gasteiger partial charge in [-0.2, -0.15) is 5.10 Å². The fraction of sp³-hybridized carbons (Fsp3) is 0.238. The van der Waals surface area contributed by atoms with Crippen molar-refractivity contribution < 1.29 is 4.74 Å². The predicted octanol–water partition coefficient (Wildman–Crippen LogP) is 3.98. The van der Waals surface area contributed by atoms with Crippen LogP contribution in [0.25, 0.3) is 21.8 Å². The third-order valence-corrected chi connectivity index (χ3v) is 4.77. The Morgan fingerprint density at radius 3 is 2.65 bits per heavy atom. The van der Waals surface area contributed by atoms with Gasteiger partial charge in [-0.1, -0.05) is 30.3 Å². The lowest BCUT2D eigenvalue weighted by atomic mass is 9.98. The largest absolute Gasteiger partial charge is 0.497 e. The molecule has 5 nitrogen and oxygen atoms in total. The Labute approximate surface area is 152 Å². The van der Waals surface area contributed by atoms with Crippen molar-refractivity contribution in [1.82, 2.24) is 14.8 Å². The average molecular weight is 346 g/mol. The number of aryl methyl sites for hydroxylation is 3. The van der Waals surface area contributed by atoms with Gasteiger partial charge >= 0.3 is 0 Å². The number of nitrogens with zero attached hydrogens (tertiary/aromatic N) is 3. The number of nitrogen functional groups attached to an aromatic ring is 1. The van der Waals surface area contributed by atoms with E-state index in [0.717, 1.165) is 46.9 Å². The zero-order valence-corrected chi connectivity index (χ0v) is 15.1. The molecule has 2 aromatic heterocycles. The van der Waals surface area contributed by atoms with Crippen LogP contribution in [0.3, 0.4) is 0 Å². The molecular weight excluding hydrogens is 324 g/mol. The summed E-state index contributed by atoms with van der Waals surface area (Å²) in [7, 11) is 1.68. The number of fused-ring (bicyclic) bond motifs is 3. The molecule has 5 heteroatoms. The summed E-state index contributed by atoms with van der Waals surface area (Å²) < 4.78 is 7.40. The van der Waals surface area contributed by atoms with Gasteiger partial charge in [0.2, 0.25) is 0 Å². The van der Waals surface area contributed by atoms with Gasteiger partial charge in [0.05, 0.1) is 12.6 Å². The molecular formula is C21H22N4O. The van der Waals surface area contributed by atoms with Crippen LogP contribution >= 0.6 is 0 Å². The van der Waals surface area contributed by atoms with Crippen molar-refractivity contribution in [2.75, 3.05) is 12.8 Å². The molecule has 4 aromatic rings. The monoisotopic (exact) mass is 346 g/mol. The van der Waals surface area contributed by atoms with Gasteiger partial charge in [0.15, 0.2) is 5.82 Å². The van der Waals surface area contributed by atoms with E-state index in [2.05, 4.69) is 53.5 Å². The van der Waals surface area contributed by atoms with Crippen LogP contribution in [-0.2, 0) is 19.4 Å². The van der Waals surface area contributed by atoms with Crippen molar-refractivity contribution in [3.8, 4) is 5.75 Å². The van der Waals surface area contributed by atoms with Crippen LogP contribution < -0.4 is 10.5 Å². The van der Waals surface area contributed by atoms with Crippen molar-refractivity contribution in [1.29, 1.82) is 0 Å². The maximum atomic E-state index is 6.17. The summed E-state index contributed by atoms with van der Waals surface area (Å²) in [5.41, 5.74) is 10.3. The van der Waals surface area contributed by atoms with Gasteiger partial charge in [0.1, 0.15) is 11.3 Å². The zero-order chi connectivity index (χ0) is 18.1. The number of nitrogens with two attached hydrogens (primary N) is 1. The van der Waals surface area contributed by atoms with Gasteiger partial charge in [-0.15, -0.1) is 0 Å². The first-order chi connectivity index (χ1) is 12.7. The van der Waals surface area contributed by atoms with Crippen LogP contribution in [0.5, 0.6) is 5.75 Å². The number of hydrogen-bond acceptors (Lipinski definition) is 4. The standard InChI is InChI=1S/C21H22N4O/c1-3-25-13-17-19-15(10-9-14-7-5-4-6-8-14)11-16(26-2)12-18(19)23-21(22)20(17)24-25/h4-8,11-13H,3,9-10H2,1-2H3,(H2,22,23). The zero-order valence-electron chi connectivity index (χ0n) is 15.1. The Morgan fingerprint density at radius 2 is 1.92 bits per heavy atom. The fourth-order valence-corrected chi connectivity index (χ4v) is 3.43. The Balaban J connectivity index is 1.89. The summed E-state index contributed by atoms with van der Waals surface area (Å²) in [5.74, 6) is 1.26. The molecule has 2 aromatic carbocycles. The molecule has 4 rings (SSSR count). The van der Waals surface area contributed by atoms with Gasteiger partial charge < -0.3 is 10.5 Å². The normalized spacial score (nSPS) is 11.3. The first-order valence-corrected chi connectivity index (χ1v) is 8.86. The van der Waals surface area contributed by atoms with E-state index in [0.29, 0.717) is 5.82 Å². The number of pyridine rings is 1. The van der Waals surface area contributed by atoms with E-state index in [9.17, 15) is 0 Å². The van der Waals surface area contributed by atoms with Gasteiger partial charge in [0, 0.05) is 29.6 Å². The highest BCUT2D eigenvalue weighted by molar-refractivity contribution is 6.09. The summed E-state index contributed by atoms with van der Waals surface area (Å²) in [4.78, 5) is 4.60. The van der Waals surface area contributed by atoms with E-state index >= 15 is 0 Å². The molecule has 0 saturated heterocycles. The molecule has 0 radical (unpaired) electrons. The van der Waals surface area contributed by atoms with Crippen molar-refractivity contribution >= 4 is 27.6 Å². The van der Waals surface area contributed by atoms with Gasteiger partial charge in [0.25, 0.3) is 0 Å². The van der Waals surface area contributed by atoms with Crippen molar-refractivity contribution in [2.45, 2.75) is 26.3 Å². The third kappa shape index (κ3) is 2.86. The Bertz CT molecular complexity index is 1070. The topological polar surface area (TPSA) is 66.0 Å². The van der Waals surface area contributed by atoms with Crippen LogP contribution in [0.1, 0.15) is 18.1 Å². The lowest BCUT2D eigenvalue weighted by Gasteiger charge is -2.11. The van der Waals surface area contributed by atoms with E-state index < -0.39 is 0 Å². The molecule has 0 unspecified atom stereocenters. The van der Waals surface area contributed by atoms with Gasteiger partial charge in [-0.05, 0) is 37.0 Å². The highest BCUT2D eigenvalue weighted by Gasteiger charge is 2.15. The molecule has 132 valence electrons. The lowest BCUT2D eigenvalue weighted by Crippen LogP contribution is -1.99. The lowest BCUT2D eigenvalue weighted by molar-refractivity contribution is 0.415. The van der Waals surface area contributed by atoms with E-state index in [1.54, 1.807) is 7.11 Å². The number of aromatic nitrogens is 3. The van der Waals surface area contributed by atoms with Gasteiger partial charge in [-0.3, -0.25) is 4.68 Å². The highest BCUT2D eigenvalue weighted by Crippen LogP contribution is 2.33. The number of hydrogen-bond donors (Lipinski definition) is 1. The summed E-state index contributed by atoms with van der Waals surface area (Å²) in [6, 6.07) is 14.5. The van der Waals surface area contributed by atoms with E-state index in [1.807, 2.05) is 16.8 Å². The minimum Gasteiger partial charge on any atom is -0.497 e. The summed E-state index contributed by atoms with van der Waals surface area (Å²) in [6.45, 7) is 2.86. The summed E-state index contributed by atoms with van der Waals surface area (Å²) >= 11 is 0. The maximum absolute atomic E-state index is 6.17. The van der Waals surface area contributed by atoms with Crippen molar-refractivity contribution in [3.63, 3.8) is 0 Å². The Morgan fingerprint density at radius 1 is 1.12 bits per heavy atom. The molecule has 0 spiro atoms. The van der Waals surface area contributed by atoms with Crippen LogP contribution in [-0.4, -0.2) is 21.9 Å². The van der Waals surface area contributed by atoms with Crippen molar-refractivity contribution in [2.24, 2.45) is 0 Å². The third-order valence-electron chi connectivity index (χ3n) is 4.77. The predicted molar refractivity (Wildman–Crippen MR) is 106 cm³/mol. The molecule has 2 N–H and O–H groups in total. The van der Waals surface area contributed by atoms with E-state index in [4.69, 9.17) is 10.5 Å². The molecule has 0 atom stereocenters.